The molecule has 3 heterocycles. The van der Waals surface area contributed by atoms with Crippen molar-refractivity contribution in [2.75, 3.05) is 10.6 Å². The van der Waals surface area contributed by atoms with Crippen LogP contribution in [0.2, 0.25) is 0 Å². The molecule has 0 radical (unpaired) electrons. The minimum Gasteiger partial charge on any atom is -0.361 e. The Balaban J connectivity index is 1.68. The van der Waals surface area contributed by atoms with Crippen LogP contribution < -0.4 is 10.6 Å². The molecule has 3 aromatic rings. The van der Waals surface area contributed by atoms with E-state index >= 15 is 0 Å². The summed E-state index contributed by atoms with van der Waals surface area (Å²) in [5.74, 6) is 0.358. The SMILES string of the molecule is N#Cc1cccc(N/C=C2\C(=O)Nc3ncc(-c4ccsc4)cc32)c1. The maximum Gasteiger partial charge on any atom is 0.259 e. The second-order valence-electron chi connectivity index (χ2n) is 5.48. The van der Waals surface area contributed by atoms with E-state index < -0.39 is 0 Å². The Morgan fingerprint density at radius 3 is 2.96 bits per heavy atom. The molecule has 0 unspecified atom stereocenters. The van der Waals surface area contributed by atoms with Crippen molar-refractivity contribution < 1.29 is 4.79 Å². The molecule has 0 aliphatic carbocycles. The molecule has 6 heteroatoms. The highest BCUT2D eigenvalue weighted by Crippen LogP contribution is 2.33. The van der Waals surface area contributed by atoms with Crippen LogP contribution in [0.25, 0.3) is 16.7 Å². The van der Waals surface area contributed by atoms with Crippen LogP contribution in [0, 0.1) is 11.3 Å². The normalized spacial score (nSPS) is 14.0. The largest absolute Gasteiger partial charge is 0.361 e. The van der Waals surface area contributed by atoms with Gasteiger partial charge >= 0.3 is 0 Å². The molecule has 0 spiro atoms. The zero-order valence-corrected chi connectivity index (χ0v) is 13.8. The van der Waals surface area contributed by atoms with Gasteiger partial charge in [-0.3, -0.25) is 4.79 Å². The number of nitriles is 1. The van der Waals surface area contributed by atoms with Crippen LogP contribution in [0.1, 0.15) is 11.1 Å². The predicted octanol–water partition coefficient (Wildman–Crippen LogP) is 4.09. The molecule has 0 saturated carbocycles. The molecule has 1 aliphatic rings. The van der Waals surface area contributed by atoms with Crippen molar-refractivity contribution in [1.29, 1.82) is 5.26 Å². The van der Waals surface area contributed by atoms with Crippen molar-refractivity contribution in [3.8, 4) is 17.2 Å². The van der Waals surface area contributed by atoms with Crippen LogP contribution in [0.4, 0.5) is 11.5 Å². The number of rotatable bonds is 3. The smallest absolute Gasteiger partial charge is 0.259 e. The van der Waals surface area contributed by atoms with E-state index in [9.17, 15) is 4.79 Å². The average Bonchev–Trinajstić information content (AvgIpc) is 3.27. The molecule has 120 valence electrons. The third-order valence-corrected chi connectivity index (χ3v) is 4.57. The van der Waals surface area contributed by atoms with E-state index in [1.807, 2.05) is 29.0 Å². The number of fused-ring (bicyclic) bond motifs is 1. The van der Waals surface area contributed by atoms with Crippen LogP contribution in [0.5, 0.6) is 0 Å². The first kappa shape index (κ1) is 15.1. The summed E-state index contributed by atoms with van der Waals surface area (Å²) in [7, 11) is 0. The zero-order chi connectivity index (χ0) is 17.2. The van der Waals surface area contributed by atoms with E-state index in [1.165, 1.54) is 0 Å². The lowest BCUT2D eigenvalue weighted by Gasteiger charge is -2.04. The van der Waals surface area contributed by atoms with Gasteiger partial charge in [0.15, 0.2) is 0 Å². The monoisotopic (exact) mass is 344 g/mol. The molecule has 4 rings (SSSR count). The van der Waals surface area contributed by atoms with E-state index in [0.29, 0.717) is 17.0 Å². The standard InChI is InChI=1S/C19H12N4OS/c20-8-12-2-1-3-15(6-12)21-10-17-16-7-14(13-4-5-25-11-13)9-22-18(16)23-19(17)24/h1-7,9-11,21H,(H,22,23,24)/b17-10-. The first-order chi connectivity index (χ1) is 12.2. The number of anilines is 2. The molecule has 25 heavy (non-hydrogen) atoms. The van der Waals surface area contributed by atoms with E-state index in [0.717, 1.165) is 22.4 Å². The van der Waals surface area contributed by atoms with Crippen LogP contribution in [-0.2, 0) is 4.79 Å². The van der Waals surface area contributed by atoms with E-state index in [-0.39, 0.29) is 5.91 Å². The minimum absolute atomic E-state index is 0.200. The van der Waals surface area contributed by atoms with E-state index in [4.69, 9.17) is 5.26 Å². The Labute approximate surface area is 148 Å². The Kier molecular flexibility index (Phi) is 3.77. The summed E-state index contributed by atoms with van der Waals surface area (Å²) in [5, 5.41) is 18.9. The molecule has 0 bridgehead atoms. The number of carbonyl (C=O) groups is 1. The molecule has 2 aromatic heterocycles. The highest BCUT2D eigenvalue weighted by Gasteiger charge is 2.25. The number of carbonyl (C=O) groups excluding carboxylic acids is 1. The Hall–Kier alpha value is -3.43. The van der Waals surface area contributed by atoms with Crippen molar-refractivity contribution in [2.24, 2.45) is 0 Å². The number of hydrogen-bond acceptors (Lipinski definition) is 5. The number of amides is 1. The molecule has 0 atom stereocenters. The number of thiophene rings is 1. The number of nitrogens with zero attached hydrogens (tertiary/aromatic N) is 2. The first-order valence-corrected chi connectivity index (χ1v) is 8.50. The van der Waals surface area contributed by atoms with Crippen molar-refractivity contribution in [2.45, 2.75) is 0 Å². The molecule has 1 amide bonds. The summed E-state index contributed by atoms with van der Waals surface area (Å²) in [5.41, 5.74) is 4.62. The molecule has 1 aromatic carbocycles. The molecule has 1 aliphatic heterocycles. The molecule has 5 nitrogen and oxygen atoms in total. The summed E-state index contributed by atoms with van der Waals surface area (Å²) in [6, 6.07) is 13.2. The lowest BCUT2D eigenvalue weighted by Crippen LogP contribution is -2.05. The maximum absolute atomic E-state index is 12.3. The van der Waals surface area contributed by atoms with Gasteiger partial charge < -0.3 is 10.6 Å². The van der Waals surface area contributed by atoms with Gasteiger partial charge in [-0.2, -0.15) is 16.6 Å². The van der Waals surface area contributed by atoms with Gasteiger partial charge in [0.1, 0.15) is 5.82 Å². The first-order valence-electron chi connectivity index (χ1n) is 7.56. The Morgan fingerprint density at radius 1 is 1.24 bits per heavy atom. The maximum atomic E-state index is 12.3. The van der Waals surface area contributed by atoms with Crippen LogP contribution in [-0.4, -0.2) is 10.9 Å². The van der Waals surface area contributed by atoms with E-state index in [1.54, 1.807) is 41.9 Å². The predicted molar refractivity (Wildman–Crippen MR) is 98.9 cm³/mol. The number of hydrogen-bond donors (Lipinski definition) is 2. The number of nitrogens with one attached hydrogen (secondary N) is 2. The number of pyridine rings is 1. The van der Waals surface area contributed by atoms with Gasteiger partial charge in [0, 0.05) is 29.2 Å². The fourth-order valence-corrected chi connectivity index (χ4v) is 3.30. The van der Waals surface area contributed by atoms with Crippen molar-refractivity contribution in [3.63, 3.8) is 0 Å². The van der Waals surface area contributed by atoms with Gasteiger partial charge in [0.2, 0.25) is 0 Å². The lowest BCUT2D eigenvalue weighted by atomic mass is 10.1. The highest BCUT2D eigenvalue weighted by atomic mass is 32.1. The molecular formula is C19H12N4OS. The third kappa shape index (κ3) is 2.89. The summed E-state index contributed by atoms with van der Waals surface area (Å²) in [6.45, 7) is 0. The number of aromatic nitrogens is 1. The quantitative estimate of drug-likeness (QED) is 0.702. The Bertz CT molecular complexity index is 1030. The van der Waals surface area contributed by atoms with E-state index in [2.05, 4.69) is 21.7 Å². The molecule has 2 N–H and O–H groups in total. The lowest BCUT2D eigenvalue weighted by molar-refractivity contribution is -0.110. The van der Waals surface area contributed by atoms with Gasteiger partial charge in [-0.15, -0.1) is 0 Å². The number of benzene rings is 1. The fraction of sp³-hybridized carbons (Fsp3) is 0. The second kappa shape index (κ2) is 6.23. The van der Waals surface area contributed by atoms with Crippen molar-refractivity contribution >= 4 is 34.3 Å². The summed E-state index contributed by atoms with van der Waals surface area (Å²) in [6.07, 6.45) is 3.41. The van der Waals surface area contributed by atoms with Gasteiger partial charge in [-0.05, 0) is 46.7 Å². The van der Waals surface area contributed by atoms with Gasteiger partial charge in [0.05, 0.1) is 17.2 Å². The summed E-state index contributed by atoms with van der Waals surface area (Å²) < 4.78 is 0. The van der Waals surface area contributed by atoms with Crippen molar-refractivity contribution in [3.05, 3.63) is 70.7 Å². The van der Waals surface area contributed by atoms with Crippen molar-refractivity contribution in [1.82, 2.24) is 4.98 Å². The van der Waals surface area contributed by atoms with Crippen LogP contribution >= 0.6 is 11.3 Å². The minimum atomic E-state index is -0.200. The third-order valence-electron chi connectivity index (χ3n) is 3.88. The van der Waals surface area contributed by atoms with Gasteiger partial charge in [-0.25, -0.2) is 4.98 Å². The molecule has 0 fully saturated rings. The van der Waals surface area contributed by atoms with Gasteiger partial charge in [-0.1, -0.05) is 6.07 Å². The summed E-state index contributed by atoms with van der Waals surface area (Å²) >= 11 is 1.62. The topological polar surface area (TPSA) is 77.8 Å². The van der Waals surface area contributed by atoms with Crippen LogP contribution in [0.3, 0.4) is 0 Å². The van der Waals surface area contributed by atoms with Crippen LogP contribution in [0.15, 0.2) is 59.6 Å². The average molecular weight is 344 g/mol. The molecule has 0 saturated heterocycles. The molecular weight excluding hydrogens is 332 g/mol. The fourth-order valence-electron chi connectivity index (χ4n) is 2.63. The van der Waals surface area contributed by atoms with Gasteiger partial charge in [0.25, 0.3) is 5.91 Å². The summed E-state index contributed by atoms with van der Waals surface area (Å²) in [4.78, 5) is 16.6. The Morgan fingerprint density at radius 2 is 2.16 bits per heavy atom. The highest BCUT2D eigenvalue weighted by molar-refractivity contribution is 7.08. The zero-order valence-electron chi connectivity index (χ0n) is 13.0. The second-order valence-corrected chi connectivity index (χ2v) is 6.26.